The number of pyridine rings is 3. The number of aromatic nitrogens is 9. The Labute approximate surface area is 516 Å². The highest BCUT2D eigenvalue weighted by Gasteiger charge is 2.31. The molecule has 0 aliphatic heterocycles. The molecule has 6 aromatic rings. The molecule has 0 aliphatic carbocycles. The van der Waals surface area contributed by atoms with Crippen LogP contribution in [0.4, 0.5) is 0 Å². The van der Waals surface area contributed by atoms with E-state index in [2.05, 4.69) is 319 Å². The van der Waals surface area contributed by atoms with Crippen LogP contribution in [-0.4, -0.2) is 45.3 Å². The number of nitrogens with zero attached hydrogens (tertiary/aromatic N) is 9. The minimum absolute atomic E-state index is 0.0663. The van der Waals surface area contributed by atoms with Gasteiger partial charge in [-0.05, 0) is 123 Å². The fourth-order valence-corrected chi connectivity index (χ4v) is 9.38. The molecule has 0 aromatic carbocycles. The summed E-state index contributed by atoms with van der Waals surface area (Å²) in [6, 6.07) is 10.6. The fourth-order valence-electron chi connectivity index (χ4n) is 9.38. The summed E-state index contributed by atoms with van der Waals surface area (Å²) in [5.74, 6) is 0. The van der Waals surface area contributed by atoms with E-state index < -0.39 is 0 Å². The lowest BCUT2D eigenvalue weighted by Crippen LogP contribution is -2.23. The van der Waals surface area contributed by atoms with Gasteiger partial charge in [0.25, 0.3) is 0 Å². The van der Waals surface area contributed by atoms with E-state index in [-0.39, 0.29) is 65.0 Å². The Bertz CT molecular complexity index is 2210. The third-order valence-corrected chi connectivity index (χ3v) is 14.0. The molecule has 0 aliphatic rings. The molecule has 0 fully saturated rings. The van der Waals surface area contributed by atoms with E-state index in [9.17, 15) is 0 Å². The van der Waals surface area contributed by atoms with Crippen LogP contribution in [0.5, 0.6) is 0 Å². The van der Waals surface area contributed by atoms with Crippen LogP contribution < -0.4 is 0 Å². The summed E-state index contributed by atoms with van der Waals surface area (Å²) < 4.78 is 0. The summed E-state index contributed by atoms with van der Waals surface area (Å²) in [4.78, 5) is 21.5. The molecule has 0 N–H and O–H groups in total. The minimum Gasteiger partial charge on any atom is -0.264 e. The molecule has 6 rings (SSSR count). The Hall–Kier alpha value is -5.31. The molecule has 6 heterocycles. The largest absolute Gasteiger partial charge is 0.264 e. The van der Waals surface area contributed by atoms with Gasteiger partial charge in [0.2, 0.25) is 0 Å². The smallest absolute Gasteiger partial charge is 0.115 e. The van der Waals surface area contributed by atoms with Crippen LogP contribution in [0.25, 0.3) is 0 Å². The Morgan fingerprint density at radius 2 is 0.500 bits per heavy atom. The molecule has 0 spiro atoms. The minimum atomic E-state index is 0.0663. The van der Waals surface area contributed by atoms with E-state index in [1.54, 1.807) is 12.5 Å². The van der Waals surface area contributed by atoms with Gasteiger partial charge in [-0.1, -0.05) is 255 Å². The third kappa shape index (κ3) is 25.0. The molecule has 0 saturated carbocycles. The van der Waals surface area contributed by atoms with E-state index >= 15 is 0 Å². The van der Waals surface area contributed by atoms with Gasteiger partial charge in [0.1, 0.15) is 6.33 Å². The highest BCUT2D eigenvalue weighted by molar-refractivity contribution is 5.37. The molecule has 84 heavy (non-hydrogen) atoms. The van der Waals surface area contributed by atoms with Crippen molar-refractivity contribution in [2.24, 2.45) is 0 Å². The summed E-state index contributed by atoms with van der Waals surface area (Å²) in [5, 5.41) is 16.2. The Kier molecular flexibility index (Phi) is 26.0. The number of hydrogen-bond acceptors (Lipinski definition) is 9. The lowest BCUT2D eigenvalue weighted by Gasteiger charge is -2.29. The fraction of sp³-hybridized carbons (Fsp3) is 0.640. The molecule has 0 unspecified atom stereocenters. The maximum Gasteiger partial charge on any atom is 0.115 e. The number of rotatable bonds is 0. The Morgan fingerprint density at radius 1 is 0.214 bits per heavy atom. The molecule has 9 heteroatoms. The zero-order valence-corrected chi connectivity index (χ0v) is 60.7. The van der Waals surface area contributed by atoms with E-state index in [4.69, 9.17) is 0 Å². The van der Waals surface area contributed by atoms with Gasteiger partial charge in [-0.25, -0.2) is 9.97 Å². The van der Waals surface area contributed by atoms with Crippen molar-refractivity contribution in [1.82, 2.24) is 45.3 Å². The molecular formula is C75H123N9. The monoisotopic (exact) mass is 1150 g/mol. The zero-order chi connectivity index (χ0) is 65.9. The molecule has 6 aromatic heterocycles. The highest BCUT2D eigenvalue weighted by Crippen LogP contribution is 2.37. The van der Waals surface area contributed by atoms with Gasteiger partial charge >= 0.3 is 0 Å². The van der Waals surface area contributed by atoms with Crippen LogP contribution in [0.3, 0.4) is 0 Å². The van der Waals surface area contributed by atoms with Crippen molar-refractivity contribution in [3.63, 3.8) is 0 Å². The van der Waals surface area contributed by atoms with Crippen LogP contribution in [0.2, 0.25) is 0 Å². The van der Waals surface area contributed by atoms with Crippen LogP contribution >= 0.6 is 0 Å². The molecule has 0 saturated heterocycles. The van der Waals surface area contributed by atoms with Crippen molar-refractivity contribution in [2.45, 2.75) is 314 Å². The van der Waals surface area contributed by atoms with Crippen LogP contribution in [-0.2, 0) is 65.0 Å². The van der Waals surface area contributed by atoms with Crippen molar-refractivity contribution in [2.75, 3.05) is 0 Å². The quantitative estimate of drug-likeness (QED) is 0.147. The van der Waals surface area contributed by atoms with Gasteiger partial charge < -0.3 is 0 Å². The average molecular weight is 1150 g/mol. The highest BCUT2D eigenvalue weighted by atomic mass is 15.1. The Morgan fingerprint density at radius 3 is 0.774 bits per heavy atom. The summed E-state index contributed by atoms with van der Waals surface area (Å²) in [6.45, 7) is 79.8. The van der Waals surface area contributed by atoms with E-state index in [0.717, 1.165) is 11.4 Å². The van der Waals surface area contributed by atoms with Gasteiger partial charge in [-0.3, -0.25) is 15.0 Å². The first-order valence-corrected chi connectivity index (χ1v) is 30.7. The predicted molar refractivity (Wildman–Crippen MR) is 363 cm³/mol. The van der Waals surface area contributed by atoms with Gasteiger partial charge in [0, 0.05) is 65.3 Å². The standard InChI is InChI=1S/3C13H21N.3C12H20N2/c2*1-12(2,3)10-7-8-14-9-11(10)13(4,5)6;1-12(2,3)10-8-7-9-14-11(10)13(4,5)6;1-11(2,3)9-7-13-8-14-10(9)12(4,5)6;1-11(2,3)9-7-13-14-8-10(9)12(4,5)6;1-11(2,3)9-7-8-13-14-10(9)12(4,5)6/h3*7-9H,1-6H3;3*7-8H,1-6H3. The SMILES string of the molecule is CC(C)(C)c1cccnc1C(C)(C)C.CC(C)(C)c1ccncc1C(C)(C)C.CC(C)(C)c1ccncc1C(C)(C)C.CC(C)(C)c1ccnnc1C(C)(C)C.CC(C)(C)c1cncnc1C(C)(C)C.CC(C)(C)c1cnncc1C(C)(C)C. The maximum absolute atomic E-state index is 4.52. The van der Waals surface area contributed by atoms with Gasteiger partial charge in [-0.2, -0.15) is 20.4 Å². The Balaban J connectivity index is 0.000000504. The first kappa shape index (κ1) is 76.7. The summed E-state index contributed by atoms with van der Waals surface area (Å²) >= 11 is 0. The first-order valence-electron chi connectivity index (χ1n) is 30.7. The van der Waals surface area contributed by atoms with Crippen molar-refractivity contribution in [1.29, 1.82) is 0 Å². The zero-order valence-electron chi connectivity index (χ0n) is 60.7. The van der Waals surface area contributed by atoms with Crippen molar-refractivity contribution in [3.05, 3.63) is 160 Å². The second-order valence-corrected chi connectivity index (χ2v) is 35.1. The molecule has 9 nitrogen and oxygen atoms in total. The van der Waals surface area contributed by atoms with E-state index in [1.165, 1.54) is 55.8 Å². The van der Waals surface area contributed by atoms with Crippen LogP contribution in [0.1, 0.15) is 316 Å². The predicted octanol–water partition coefficient (Wildman–Crippen LogP) is 20.2. The average Bonchev–Trinajstić information content (AvgIpc) is 3.00. The molecule has 0 atom stereocenters. The topological polar surface area (TPSA) is 116 Å². The van der Waals surface area contributed by atoms with Crippen molar-refractivity contribution in [3.8, 4) is 0 Å². The first-order chi connectivity index (χ1) is 37.4. The molecule has 0 radical (unpaired) electrons. The summed E-state index contributed by atoms with van der Waals surface area (Å²) in [7, 11) is 0. The van der Waals surface area contributed by atoms with Gasteiger partial charge in [0.15, 0.2) is 0 Å². The molecule has 0 bridgehead atoms. The van der Waals surface area contributed by atoms with Crippen molar-refractivity contribution < 1.29 is 0 Å². The normalized spacial score (nSPS) is 13.0. The van der Waals surface area contributed by atoms with Gasteiger partial charge in [-0.15, -0.1) is 0 Å². The van der Waals surface area contributed by atoms with Gasteiger partial charge in [0.05, 0.1) is 23.8 Å². The van der Waals surface area contributed by atoms with Crippen LogP contribution in [0, 0.1) is 0 Å². The van der Waals surface area contributed by atoms with E-state index in [0.29, 0.717) is 0 Å². The molecular weight excluding hydrogens is 1030 g/mol. The second-order valence-electron chi connectivity index (χ2n) is 35.1. The number of hydrogen-bond donors (Lipinski definition) is 0. The summed E-state index contributed by atoms with van der Waals surface area (Å²) in [5.41, 5.74) is 17.2. The van der Waals surface area contributed by atoms with Crippen molar-refractivity contribution >= 4 is 0 Å². The lowest BCUT2D eigenvalue weighted by atomic mass is 9.76. The summed E-state index contributed by atoms with van der Waals surface area (Å²) in [6.07, 6.45) is 18.8. The maximum atomic E-state index is 4.52. The molecule has 468 valence electrons. The second kappa shape index (κ2) is 28.5. The molecule has 0 amide bonds. The van der Waals surface area contributed by atoms with E-state index in [1.807, 2.05) is 55.6 Å². The van der Waals surface area contributed by atoms with Crippen LogP contribution in [0.15, 0.2) is 92.4 Å². The lowest BCUT2D eigenvalue weighted by molar-refractivity contribution is 0.505. The third-order valence-electron chi connectivity index (χ3n) is 14.0.